The van der Waals surface area contributed by atoms with Gasteiger partial charge in [-0.3, -0.25) is 14.4 Å². The molecule has 0 fully saturated rings. The maximum atomic E-state index is 13.0. The topological polar surface area (TPSA) is 124 Å². The molecule has 0 saturated carbocycles. The zero-order valence-electron chi connectivity index (χ0n) is 15.2. The van der Waals surface area contributed by atoms with Crippen molar-refractivity contribution in [2.75, 3.05) is 0 Å². The van der Waals surface area contributed by atoms with Crippen LogP contribution in [0.15, 0.2) is 24.3 Å². The van der Waals surface area contributed by atoms with E-state index in [1.54, 1.807) is 12.1 Å². The Morgan fingerprint density at radius 1 is 1.10 bits per heavy atom. The number of phenolic OH excluding ortho intramolecular Hbond substituents is 2. The quantitative estimate of drug-likeness (QED) is 0.228. The molecule has 0 aromatic heterocycles. The summed E-state index contributed by atoms with van der Waals surface area (Å²) in [6, 6.07) is 6.17. The molecule has 2 unspecified atom stereocenters. The number of hydrogen-bond acceptors (Lipinski definition) is 7. The van der Waals surface area contributed by atoms with Gasteiger partial charge in [-0.15, -0.1) is 12.4 Å². The van der Waals surface area contributed by atoms with Crippen LogP contribution in [0.4, 0.5) is 0 Å². The Bertz CT molecular complexity index is 1090. The summed E-state index contributed by atoms with van der Waals surface area (Å²) in [5.41, 5.74) is -1.42. The second-order valence-corrected chi connectivity index (χ2v) is 7.71. The molecule has 2 aliphatic rings. The highest BCUT2D eigenvalue weighted by molar-refractivity contribution is 14.1. The van der Waals surface area contributed by atoms with E-state index in [0.29, 0.717) is 0 Å². The number of carbonyl (C=O) groups excluding carboxylic acids is 3. The van der Waals surface area contributed by atoms with Crippen molar-refractivity contribution in [3.63, 3.8) is 0 Å². The molecule has 0 aliphatic heterocycles. The second kappa shape index (κ2) is 7.35. The largest absolute Gasteiger partial charge is 0.507 e. The van der Waals surface area contributed by atoms with Gasteiger partial charge in [-0.05, 0) is 6.92 Å². The highest BCUT2D eigenvalue weighted by atomic mass is 127. The standard InChI is InChI=1S/C20H16INO6.ClH/c1-8(23)20(22-21)6-11-13(12(24)7-20)19(28)15-14(18(11)27)16(25)9-4-2-3-5-10(9)17(15)26;/h2-5,12,22,24,27-28H,6-7H2,1H3;1H. The van der Waals surface area contributed by atoms with Gasteiger partial charge in [0.05, 0.1) is 22.8 Å². The molecule has 2 aromatic rings. The fourth-order valence-electron chi connectivity index (χ4n) is 4.13. The lowest BCUT2D eigenvalue weighted by Gasteiger charge is -2.39. The van der Waals surface area contributed by atoms with Crippen molar-refractivity contribution in [2.45, 2.75) is 31.4 Å². The summed E-state index contributed by atoms with van der Waals surface area (Å²) in [7, 11) is 0. The van der Waals surface area contributed by atoms with Crippen LogP contribution in [0.3, 0.4) is 0 Å². The number of fused-ring (bicyclic) bond motifs is 3. The maximum absolute atomic E-state index is 13.0. The minimum atomic E-state index is -1.30. The van der Waals surface area contributed by atoms with E-state index in [0.717, 1.165) is 0 Å². The monoisotopic (exact) mass is 529 g/mol. The summed E-state index contributed by atoms with van der Waals surface area (Å²) in [6.07, 6.45) is -1.37. The van der Waals surface area contributed by atoms with Crippen LogP contribution in [0.5, 0.6) is 11.5 Å². The summed E-state index contributed by atoms with van der Waals surface area (Å²) >= 11 is 1.81. The van der Waals surface area contributed by atoms with E-state index in [1.165, 1.54) is 19.1 Å². The molecule has 4 rings (SSSR count). The van der Waals surface area contributed by atoms with Crippen molar-refractivity contribution in [1.82, 2.24) is 3.53 Å². The average Bonchev–Trinajstić information content (AvgIpc) is 2.68. The fourth-order valence-corrected chi connectivity index (χ4v) is 4.92. The number of Topliss-reactive ketones (excluding diaryl/α,β-unsaturated/α-hetero) is 1. The SMILES string of the molecule is CC(=O)C1(NI)Cc2c(O)c3c(c(O)c2C(O)C1)C(=O)c1ccccc1C3=O.Cl. The molecule has 152 valence electrons. The summed E-state index contributed by atoms with van der Waals surface area (Å²) in [6.45, 7) is 1.36. The van der Waals surface area contributed by atoms with Crippen LogP contribution in [0.1, 0.15) is 62.4 Å². The molecule has 2 aliphatic carbocycles. The number of hydrogen-bond donors (Lipinski definition) is 4. The lowest BCUT2D eigenvalue weighted by atomic mass is 9.71. The van der Waals surface area contributed by atoms with Gasteiger partial charge in [0.2, 0.25) is 0 Å². The summed E-state index contributed by atoms with van der Waals surface area (Å²) in [4.78, 5) is 38.2. The van der Waals surface area contributed by atoms with Gasteiger partial charge in [0.1, 0.15) is 11.5 Å². The average molecular weight is 530 g/mol. The Balaban J connectivity index is 0.00000240. The predicted octanol–water partition coefficient (Wildman–Crippen LogP) is 2.54. The van der Waals surface area contributed by atoms with E-state index < -0.39 is 34.7 Å². The van der Waals surface area contributed by atoms with E-state index in [-0.39, 0.29) is 64.4 Å². The molecule has 0 spiro atoms. The normalized spacial score (nSPS) is 22.2. The number of aliphatic hydroxyl groups excluding tert-OH is 1. The van der Waals surface area contributed by atoms with Gasteiger partial charge in [-0.1, -0.05) is 24.3 Å². The van der Waals surface area contributed by atoms with Crippen LogP contribution in [0.2, 0.25) is 0 Å². The highest BCUT2D eigenvalue weighted by Crippen LogP contribution is 2.50. The third-order valence-electron chi connectivity index (χ3n) is 5.67. The first-order chi connectivity index (χ1) is 13.2. The highest BCUT2D eigenvalue weighted by Gasteiger charge is 2.47. The number of nitrogens with one attached hydrogen (secondary N) is 1. The number of benzene rings is 2. The Kier molecular flexibility index (Phi) is 5.50. The van der Waals surface area contributed by atoms with Crippen molar-refractivity contribution in [3.05, 3.63) is 57.6 Å². The number of carbonyl (C=O) groups is 3. The van der Waals surface area contributed by atoms with E-state index in [2.05, 4.69) is 3.53 Å². The van der Waals surface area contributed by atoms with Gasteiger partial charge in [-0.2, -0.15) is 0 Å². The van der Waals surface area contributed by atoms with Crippen molar-refractivity contribution in [2.24, 2.45) is 0 Å². The van der Waals surface area contributed by atoms with Gasteiger partial charge < -0.3 is 15.3 Å². The van der Waals surface area contributed by atoms with Gasteiger partial charge in [-0.25, -0.2) is 3.53 Å². The zero-order chi connectivity index (χ0) is 20.4. The molecular formula is C20H17ClINO6. The van der Waals surface area contributed by atoms with Gasteiger partial charge in [0.15, 0.2) is 17.3 Å². The van der Waals surface area contributed by atoms with E-state index in [4.69, 9.17) is 0 Å². The summed E-state index contributed by atoms with van der Waals surface area (Å²) in [5, 5.41) is 32.4. The number of ketones is 3. The molecule has 29 heavy (non-hydrogen) atoms. The van der Waals surface area contributed by atoms with Crippen LogP contribution in [-0.2, 0) is 11.2 Å². The van der Waals surface area contributed by atoms with E-state index in [1.807, 2.05) is 22.9 Å². The molecule has 0 heterocycles. The van der Waals surface area contributed by atoms with Gasteiger partial charge in [0.25, 0.3) is 0 Å². The predicted molar refractivity (Wildman–Crippen MR) is 114 cm³/mol. The first-order valence-electron chi connectivity index (χ1n) is 8.59. The number of aromatic hydroxyl groups is 2. The minimum Gasteiger partial charge on any atom is -0.507 e. The van der Waals surface area contributed by atoms with Gasteiger partial charge >= 0.3 is 0 Å². The van der Waals surface area contributed by atoms with Crippen molar-refractivity contribution < 1.29 is 29.7 Å². The van der Waals surface area contributed by atoms with Gasteiger partial charge in [0, 0.05) is 58.0 Å². The maximum Gasteiger partial charge on any atom is 0.198 e. The van der Waals surface area contributed by atoms with Crippen LogP contribution < -0.4 is 3.53 Å². The van der Waals surface area contributed by atoms with Crippen molar-refractivity contribution >= 4 is 52.6 Å². The molecule has 9 heteroatoms. The number of rotatable bonds is 2. The molecule has 2 aromatic carbocycles. The molecule has 4 N–H and O–H groups in total. The van der Waals surface area contributed by atoms with Crippen LogP contribution in [0.25, 0.3) is 0 Å². The second-order valence-electron chi connectivity index (χ2n) is 7.17. The summed E-state index contributed by atoms with van der Waals surface area (Å²) < 4.78 is 2.87. The Labute approximate surface area is 186 Å². The number of halogens is 2. The first-order valence-corrected chi connectivity index (χ1v) is 9.67. The smallest absolute Gasteiger partial charge is 0.198 e. The molecule has 0 saturated heterocycles. The number of phenols is 2. The third kappa shape index (κ3) is 2.89. The van der Waals surface area contributed by atoms with E-state index >= 15 is 0 Å². The lowest BCUT2D eigenvalue weighted by molar-refractivity contribution is -0.124. The Hall–Kier alpha value is -2.01. The Morgan fingerprint density at radius 2 is 1.62 bits per heavy atom. The van der Waals surface area contributed by atoms with E-state index in [9.17, 15) is 29.7 Å². The minimum absolute atomic E-state index is 0. The molecule has 7 nitrogen and oxygen atoms in total. The third-order valence-corrected chi connectivity index (χ3v) is 6.70. The fraction of sp³-hybridized carbons (Fsp3) is 0.250. The van der Waals surface area contributed by atoms with Crippen molar-refractivity contribution in [3.8, 4) is 11.5 Å². The van der Waals surface area contributed by atoms with Crippen LogP contribution >= 0.6 is 35.3 Å². The summed E-state index contributed by atoms with van der Waals surface area (Å²) in [5.74, 6) is -2.43. The molecular weight excluding hydrogens is 513 g/mol. The molecule has 0 radical (unpaired) electrons. The first kappa shape index (κ1) is 21.7. The number of aliphatic hydroxyl groups is 1. The Morgan fingerprint density at radius 3 is 2.10 bits per heavy atom. The lowest BCUT2D eigenvalue weighted by Crippen LogP contribution is -2.52. The van der Waals surface area contributed by atoms with Crippen LogP contribution in [0, 0.1) is 0 Å². The van der Waals surface area contributed by atoms with Crippen LogP contribution in [-0.4, -0.2) is 38.2 Å². The zero-order valence-corrected chi connectivity index (χ0v) is 18.1. The molecule has 2 atom stereocenters. The molecule has 0 bridgehead atoms. The van der Waals surface area contributed by atoms with Crippen molar-refractivity contribution in [1.29, 1.82) is 0 Å². The molecule has 0 amide bonds.